The predicted molar refractivity (Wildman–Crippen MR) is 110 cm³/mol. The first-order valence-corrected chi connectivity index (χ1v) is 11.7. The molecule has 3 aromatic rings. The van der Waals surface area contributed by atoms with E-state index in [0.29, 0.717) is 43.7 Å². The van der Waals surface area contributed by atoms with Crippen LogP contribution in [0.4, 0.5) is 5.69 Å². The summed E-state index contributed by atoms with van der Waals surface area (Å²) < 4.78 is 30.4. The quantitative estimate of drug-likeness (QED) is 0.625. The van der Waals surface area contributed by atoms with Crippen molar-refractivity contribution in [1.29, 1.82) is 0 Å². The maximum atomic E-state index is 13.5. The lowest BCUT2D eigenvalue weighted by atomic mass is 10.00. The van der Waals surface area contributed by atoms with Crippen LogP contribution in [0.5, 0.6) is 0 Å². The van der Waals surface area contributed by atoms with Gasteiger partial charge in [-0.15, -0.1) is 0 Å². The molecule has 3 aliphatic heterocycles. The summed E-state index contributed by atoms with van der Waals surface area (Å²) in [5.41, 5.74) is 6.47. The van der Waals surface area contributed by atoms with E-state index in [4.69, 9.17) is 0 Å². The van der Waals surface area contributed by atoms with Crippen LogP contribution in [-0.2, 0) is 40.6 Å². The fraction of sp³-hybridized carbons (Fsp3) is 0.381. The van der Waals surface area contributed by atoms with Crippen molar-refractivity contribution < 1.29 is 13.2 Å². The maximum Gasteiger partial charge on any atom is 0.243 e. The molecule has 0 fully saturated rings. The van der Waals surface area contributed by atoms with Gasteiger partial charge in [0.15, 0.2) is 5.65 Å². The summed E-state index contributed by atoms with van der Waals surface area (Å²) in [6, 6.07) is 5.46. The van der Waals surface area contributed by atoms with Gasteiger partial charge < -0.3 is 4.90 Å². The Morgan fingerprint density at radius 3 is 2.60 bits per heavy atom. The van der Waals surface area contributed by atoms with Crippen molar-refractivity contribution >= 4 is 27.3 Å². The number of sulfonamides is 1. The van der Waals surface area contributed by atoms with Crippen molar-refractivity contribution in [2.75, 3.05) is 18.0 Å². The second kappa shape index (κ2) is 6.12. The third-order valence-electron chi connectivity index (χ3n) is 6.40. The van der Waals surface area contributed by atoms with E-state index in [1.165, 1.54) is 4.31 Å². The van der Waals surface area contributed by atoms with Crippen LogP contribution in [0.1, 0.15) is 34.5 Å². The summed E-state index contributed by atoms with van der Waals surface area (Å²) in [5, 5.41) is 4.51. The third-order valence-corrected chi connectivity index (χ3v) is 8.22. The van der Waals surface area contributed by atoms with Gasteiger partial charge in [-0.1, -0.05) is 0 Å². The Balaban J connectivity index is 1.38. The minimum absolute atomic E-state index is 0.136. The molecule has 0 saturated carbocycles. The highest BCUT2D eigenvalue weighted by Crippen LogP contribution is 2.39. The molecule has 0 radical (unpaired) electrons. The molecule has 0 saturated heterocycles. The predicted octanol–water partition coefficient (Wildman–Crippen LogP) is 1.62. The van der Waals surface area contributed by atoms with E-state index in [0.717, 1.165) is 39.4 Å². The van der Waals surface area contributed by atoms with Gasteiger partial charge in [0.1, 0.15) is 0 Å². The zero-order valence-corrected chi connectivity index (χ0v) is 17.4. The van der Waals surface area contributed by atoms with Gasteiger partial charge in [-0.2, -0.15) is 9.40 Å². The Morgan fingerprint density at radius 2 is 1.77 bits per heavy atom. The van der Waals surface area contributed by atoms with Gasteiger partial charge in [0.25, 0.3) is 0 Å². The van der Waals surface area contributed by atoms with E-state index < -0.39 is 10.0 Å². The van der Waals surface area contributed by atoms with Crippen LogP contribution in [-0.4, -0.2) is 46.3 Å². The van der Waals surface area contributed by atoms with E-state index in [9.17, 15) is 13.2 Å². The number of anilines is 1. The fourth-order valence-electron chi connectivity index (χ4n) is 4.96. The van der Waals surface area contributed by atoms with Crippen molar-refractivity contribution in [2.24, 2.45) is 0 Å². The van der Waals surface area contributed by atoms with Gasteiger partial charge in [-0.25, -0.2) is 17.9 Å². The maximum absolute atomic E-state index is 13.5. The summed E-state index contributed by atoms with van der Waals surface area (Å²) in [7, 11) is -3.64. The normalized spacial score (nSPS) is 18.7. The van der Waals surface area contributed by atoms with Gasteiger partial charge in [0, 0.05) is 50.3 Å². The van der Waals surface area contributed by atoms with Crippen LogP contribution in [0.2, 0.25) is 0 Å². The SMILES string of the molecule is Cc1cc2ncc3c(n2n1)CCN(S(=O)(=O)c1cc2c4c(c1)CCN4C(=O)CC2)C3. The van der Waals surface area contributed by atoms with Gasteiger partial charge in [0.05, 0.1) is 22.0 Å². The Kier molecular flexibility index (Phi) is 3.67. The fourth-order valence-corrected chi connectivity index (χ4v) is 6.48. The van der Waals surface area contributed by atoms with Crippen LogP contribution in [0.3, 0.4) is 0 Å². The molecular weight excluding hydrogens is 402 g/mol. The van der Waals surface area contributed by atoms with Crippen molar-refractivity contribution in [2.45, 2.75) is 44.0 Å². The molecule has 154 valence electrons. The average Bonchev–Trinajstić information content (AvgIpc) is 3.34. The Labute approximate surface area is 174 Å². The Hall–Kier alpha value is -2.78. The highest BCUT2D eigenvalue weighted by atomic mass is 32.2. The second-order valence-electron chi connectivity index (χ2n) is 8.26. The standard InChI is InChI=1S/C21H21N5O3S/c1-13-8-19-22-11-16-12-24(6-5-18(16)26(19)23-13)30(28,29)17-9-14-2-3-20(27)25-7-4-15(10-17)21(14)25/h8-11H,2-7,12H2,1H3. The van der Waals surface area contributed by atoms with Crippen molar-refractivity contribution in [3.8, 4) is 0 Å². The van der Waals surface area contributed by atoms with Crippen LogP contribution in [0.25, 0.3) is 5.65 Å². The van der Waals surface area contributed by atoms with E-state index in [2.05, 4.69) is 10.1 Å². The minimum Gasteiger partial charge on any atom is -0.312 e. The molecule has 30 heavy (non-hydrogen) atoms. The van der Waals surface area contributed by atoms with Gasteiger partial charge in [-0.3, -0.25) is 4.79 Å². The molecule has 0 N–H and O–H groups in total. The number of carbonyl (C=O) groups excluding carboxylic acids is 1. The molecular formula is C21H21N5O3S. The number of benzene rings is 1. The van der Waals surface area contributed by atoms with E-state index in [1.807, 2.05) is 22.4 Å². The third kappa shape index (κ3) is 2.48. The molecule has 0 atom stereocenters. The van der Waals surface area contributed by atoms with Crippen molar-refractivity contribution in [3.63, 3.8) is 0 Å². The molecule has 9 heteroatoms. The molecule has 0 aliphatic carbocycles. The van der Waals surface area contributed by atoms with Crippen LogP contribution < -0.4 is 4.90 Å². The largest absolute Gasteiger partial charge is 0.312 e. The number of hydrogen-bond acceptors (Lipinski definition) is 5. The molecule has 1 amide bonds. The Morgan fingerprint density at radius 1 is 0.967 bits per heavy atom. The summed E-state index contributed by atoms with van der Waals surface area (Å²) in [6.07, 6.45) is 4.11. The molecule has 3 aliphatic rings. The summed E-state index contributed by atoms with van der Waals surface area (Å²) in [6.45, 7) is 3.27. The summed E-state index contributed by atoms with van der Waals surface area (Å²) in [5.74, 6) is 0.136. The van der Waals surface area contributed by atoms with Crippen molar-refractivity contribution in [1.82, 2.24) is 18.9 Å². The monoisotopic (exact) mass is 423 g/mol. The van der Waals surface area contributed by atoms with Crippen LogP contribution >= 0.6 is 0 Å². The van der Waals surface area contributed by atoms with E-state index in [-0.39, 0.29) is 12.5 Å². The van der Waals surface area contributed by atoms with Crippen LogP contribution in [0.15, 0.2) is 29.3 Å². The first-order valence-electron chi connectivity index (χ1n) is 10.2. The number of amides is 1. The average molecular weight is 423 g/mol. The molecule has 0 bridgehead atoms. The number of hydrogen-bond donors (Lipinski definition) is 0. The van der Waals surface area contributed by atoms with E-state index in [1.54, 1.807) is 18.3 Å². The molecule has 5 heterocycles. The lowest BCUT2D eigenvalue weighted by Crippen LogP contribution is -2.37. The molecule has 2 aromatic heterocycles. The van der Waals surface area contributed by atoms with Crippen molar-refractivity contribution in [3.05, 3.63) is 52.5 Å². The van der Waals surface area contributed by atoms with Gasteiger partial charge in [0.2, 0.25) is 15.9 Å². The number of aryl methyl sites for hydroxylation is 2. The molecule has 8 nitrogen and oxygen atoms in total. The minimum atomic E-state index is -3.64. The number of fused-ring (bicyclic) bond motifs is 3. The first-order chi connectivity index (χ1) is 14.4. The summed E-state index contributed by atoms with van der Waals surface area (Å²) >= 11 is 0. The molecule has 0 unspecified atom stereocenters. The van der Waals surface area contributed by atoms with Gasteiger partial charge >= 0.3 is 0 Å². The van der Waals surface area contributed by atoms with Gasteiger partial charge in [-0.05, 0) is 43.0 Å². The zero-order chi connectivity index (χ0) is 20.6. The second-order valence-corrected chi connectivity index (χ2v) is 10.2. The smallest absolute Gasteiger partial charge is 0.243 e. The number of nitrogens with zero attached hydrogens (tertiary/aromatic N) is 5. The zero-order valence-electron chi connectivity index (χ0n) is 16.6. The van der Waals surface area contributed by atoms with Crippen LogP contribution in [0, 0.1) is 6.92 Å². The lowest BCUT2D eigenvalue weighted by molar-refractivity contribution is -0.118. The van der Waals surface area contributed by atoms with E-state index >= 15 is 0 Å². The molecule has 0 spiro atoms. The summed E-state index contributed by atoms with van der Waals surface area (Å²) in [4.78, 5) is 18.7. The highest BCUT2D eigenvalue weighted by Gasteiger charge is 2.35. The number of rotatable bonds is 2. The Bertz CT molecular complexity index is 1340. The molecule has 6 rings (SSSR count). The topological polar surface area (TPSA) is 87.9 Å². The lowest BCUT2D eigenvalue weighted by Gasteiger charge is -2.29. The number of aromatic nitrogens is 3. The highest BCUT2D eigenvalue weighted by molar-refractivity contribution is 7.89. The number of carbonyl (C=O) groups is 1. The first kappa shape index (κ1) is 18.0. The molecule has 1 aromatic carbocycles.